The molecule has 2 fully saturated rings. The highest BCUT2D eigenvalue weighted by molar-refractivity contribution is 5.86. The van der Waals surface area contributed by atoms with Gasteiger partial charge >= 0.3 is 5.97 Å². The molecule has 0 aliphatic carbocycles. The first-order valence-electron chi connectivity index (χ1n) is 6.28. The van der Waals surface area contributed by atoms with Gasteiger partial charge in [-0.15, -0.1) is 0 Å². The Kier molecular flexibility index (Phi) is 3.66. The Morgan fingerprint density at radius 1 is 1.53 bits per heavy atom. The number of nitrogens with zero attached hydrogens (tertiary/aromatic N) is 2. The molecule has 0 aromatic carbocycles. The Hall–Kier alpha value is -1.10. The van der Waals surface area contributed by atoms with E-state index in [-0.39, 0.29) is 12.3 Å². The fourth-order valence-corrected chi connectivity index (χ4v) is 2.80. The second kappa shape index (κ2) is 5.04. The Morgan fingerprint density at radius 3 is 2.82 bits per heavy atom. The molecule has 5 nitrogen and oxygen atoms in total. The molecule has 2 aliphatic rings. The summed E-state index contributed by atoms with van der Waals surface area (Å²) in [4.78, 5) is 26.5. The Bertz CT molecular complexity index is 319. The van der Waals surface area contributed by atoms with E-state index < -0.39 is 11.9 Å². The van der Waals surface area contributed by atoms with E-state index in [1.54, 1.807) is 4.90 Å². The molecule has 2 atom stereocenters. The van der Waals surface area contributed by atoms with E-state index in [0.29, 0.717) is 19.1 Å². The summed E-state index contributed by atoms with van der Waals surface area (Å²) >= 11 is 0. The van der Waals surface area contributed by atoms with E-state index in [0.717, 1.165) is 13.0 Å². The minimum absolute atomic E-state index is 0.00181. The number of hydrogen-bond donors (Lipinski definition) is 1. The largest absolute Gasteiger partial charge is 0.481 e. The number of amides is 1. The molecule has 2 heterocycles. The van der Waals surface area contributed by atoms with Gasteiger partial charge in [0.2, 0.25) is 5.91 Å². The maximum absolute atomic E-state index is 11.6. The molecule has 1 N–H and O–H groups in total. The van der Waals surface area contributed by atoms with Crippen molar-refractivity contribution in [3.05, 3.63) is 0 Å². The van der Waals surface area contributed by atoms with E-state index in [2.05, 4.69) is 11.9 Å². The molecule has 2 aliphatic heterocycles. The number of hydrogen-bond acceptors (Lipinski definition) is 3. The predicted octanol–water partition coefficient (Wildman–Crippen LogP) is 0.404. The molecule has 0 bridgehead atoms. The Morgan fingerprint density at radius 2 is 2.29 bits per heavy atom. The summed E-state index contributed by atoms with van der Waals surface area (Å²) in [6.45, 7) is 2.23. The van der Waals surface area contributed by atoms with Crippen molar-refractivity contribution in [2.75, 3.05) is 26.7 Å². The molecular weight excluding hydrogens is 220 g/mol. The van der Waals surface area contributed by atoms with Crippen LogP contribution in [0.1, 0.15) is 25.7 Å². The quantitative estimate of drug-likeness (QED) is 0.773. The molecule has 0 spiro atoms. The third kappa shape index (κ3) is 2.77. The third-order valence-corrected chi connectivity index (χ3v) is 3.97. The van der Waals surface area contributed by atoms with Gasteiger partial charge in [0.25, 0.3) is 0 Å². The zero-order chi connectivity index (χ0) is 12.4. The molecule has 17 heavy (non-hydrogen) atoms. The minimum Gasteiger partial charge on any atom is -0.481 e. The van der Waals surface area contributed by atoms with E-state index in [1.165, 1.54) is 12.8 Å². The standard InChI is InChI=1S/C12H20N2O3/c1-13-5-2-3-10(13)4-6-14-8-9(12(16)17)7-11(14)15/h9-10H,2-8H2,1H3,(H,16,17). The molecule has 2 unspecified atom stereocenters. The fraction of sp³-hybridized carbons (Fsp3) is 0.833. The van der Waals surface area contributed by atoms with Gasteiger partial charge in [0, 0.05) is 25.6 Å². The lowest BCUT2D eigenvalue weighted by Gasteiger charge is -2.23. The number of carboxylic acid groups (broad SMARTS) is 1. The van der Waals surface area contributed by atoms with Crippen molar-refractivity contribution < 1.29 is 14.7 Å². The highest BCUT2D eigenvalue weighted by Gasteiger charge is 2.34. The maximum atomic E-state index is 11.6. The molecule has 5 heteroatoms. The van der Waals surface area contributed by atoms with Gasteiger partial charge in [-0.3, -0.25) is 9.59 Å². The average Bonchev–Trinajstić information content (AvgIpc) is 2.82. The SMILES string of the molecule is CN1CCCC1CCN1CC(C(=O)O)CC1=O. The summed E-state index contributed by atoms with van der Waals surface area (Å²) in [5, 5.41) is 8.88. The summed E-state index contributed by atoms with van der Waals surface area (Å²) in [6, 6.07) is 0.562. The van der Waals surface area contributed by atoms with E-state index in [1.807, 2.05) is 0 Å². The van der Waals surface area contributed by atoms with Crippen molar-refractivity contribution >= 4 is 11.9 Å². The van der Waals surface area contributed by atoms with Crippen LogP contribution in [0.4, 0.5) is 0 Å². The van der Waals surface area contributed by atoms with Gasteiger partial charge in [-0.1, -0.05) is 0 Å². The van der Waals surface area contributed by atoms with E-state index >= 15 is 0 Å². The summed E-state index contributed by atoms with van der Waals surface area (Å²) < 4.78 is 0. The van der Waals surface area contributed by atoms with Crippen LogP contribution in [0.3, 0.4) is 0 Å². The van der Waals surface area contributed by atoms with Gasteiger partial charge in [-0.2, -0.15) is 0 Å². The van der Waals surface area contributed by atoms with Crippen LogP contribution in [0.2, 0.25) is 0 Å². The lowest BCUT2D eigenvalue weighted by atomic mass is 10.1. The molecule has 0 radical (unpaired) electrons. The highest BCUT2D eigenvalue weighted by Crippen LogP contribution is 2.22. The van der Waals surface area contributed by atoms with Crippen LogP contribution in [0, 0.1) is 5.92 Å². The van der Waals surface area contributed by atoms with Crippen LogP contribution in [0.5, 0.6) is 0 Å². The molecule has 2 rings (SSSR count). The van der Waals surface area contributed by atoms with Gasteiger partial charge < -0.3 is 14.9 Å². The lowest BCUT2D eigenvalue weighted by Crippen LogP contribution is -2.33. The van der Waals surface area contributed by atoms with Crippen LogP contribution in [-0.2, 0) is 9.59 Å². The van der Waals surface area contributed by atoms with Crippen molar-refractivity contribution in [2.24, 2.45) is 5.92 Å². The van der Waals surface area contributed by atoms with Gasteiger partial charge in [0.1, 0.15) is 0 Å². The van der Waals surface area contributed by atoms with E-state index in [9.17, 15) is 9.59 Å². The molecular formula is C12H20N2O3. The third-order valence-electron chi connectivity index (χ3n) is 3.97. The van der Waals surface area contributed by atoms with Crippen LogP contribution in [-0.4, -0.2) is 59.5 Å². The first-order valence-corrected chi connectivity index (χ1v) is 6.28. The molecule has 2 saturated heterocycles. The average molecular weight is 240 g/mol. The van der Waals surface area contributed by atoms with Crippen molar-refractivity contribution in [1.29, 1.82) is 0 Å². The highest BCUT2D eigenvalue weighted by atomic mass is 16.4. The molecule has 0 aromatic rings. The fourth-order valence-electron chi connectivity index (χ4n) is 2.80. The number of carbonyl (C=O) groups is 2. The number of carbonyl (C=O) groups excluding carboxylic acids is 1. The predicted molar refractivity (Wildman–Crippen MR) is 62.6 cm³/mol. The second-order valence-corrected chi connectivity index (χ2v) is 5.14. The first-order chi connectivity index (χ1) is 8.08. The monoisotopic (exact) mass is 240 g/mol. The van der Waals surface area contributed by atoms with E-state index in [4.69, 9.17) is 5.11 Å². The van der Waals surface area contributed by atoms with Gasteiger partial charge in [0.15, 0.2) is 0 Å². The zero-order valence-electron chi connectivity index (χ0n) is 10.3. The zero-order valence-corrected chi connectivity index (χ0v) is 10.3. The number of likely N-dealkylation sites (tertiary alicyclic amines) is 2. The van der Waals surface area contributed by atoms with Gasteiger partial charge in [0.05, 0.1) is 5.92 Å². The number of carboxylic acids is 1. The number of aliphatic carboxylic acids is 1. The normalized spacial score (nSPS) is 30.2. The van der Waals surface area contributed by atoms with Crippen LogP contribution < -0.4 is 0 Å². The smallest absolute Gasteiger partial charge is 0.308 e. The number of rotatable bonds is 4. The maximum Gasteiger partial charge on any atom is 0.308 e. The summed E-state index contributed by atoms with van der Waals surface area (Å²) in [5.74, 6) is -1.35. The van der Waals surface area contributed by atoms with Crippen LogP contribution in [0.15, 0.2) is 0 Å². The van der Waals surface area contributed by atoms with Crippen LogP contribution in [0.25, 0.3) is 0 Å². The second-order valence-electron chi connectivity index (χ2n) is 5.14. The van der Waals surface area contributed by atoms with Crippen LogP contribution >= 0.6 is 0 Å². The van der Waals surface area contributed by atoms with Crippen molar-refractivity contribution in [1.82, 2.24) is 9.80 Å². The molecule has 0 aromatic heterocycles. The summed E-state index contributed by atoms with van der Waals surface area (Å²) in [5.41, 5.74) is 0. The van der Waals surface area contributed by atoms with Crippen molar-refractivity contribution in [2.45, 2.75) is 31.7 Å². The topological polar surface area (TPSA) is 60.9 Å². The molecule has 1 amide bonds. The van der Waals surface area contributed by atoms with Gasteiger partial charge in [-0.25, -0.2) is 0 Å². The Labute approximate surface area is 101 Å². The molecule has 0 saturated carbocycles. The lowest BCUT2D eigenvalue weighted by molar-refractivity contribution is -0.141. The summed E-state index contributed by atoms with van der Waals surface area (Å²) in [6.07, 6.45) is 3.57. The molecule has 96 valence electrons. The Balaban J connectivity index is 1.79. The first kappa shape index (κ1) is 12.4. The minimum atomic E-state index is -0.848. The van der Waals surface area contributed by atoms with Crippen molar-refractivity contribution in [3.63, 3.8) is 0 Å². The van der Waals surface area contributed by atoms with Gasteiger partial charge in [-0.05, 0) is 32.9 Å². The summed E-state index contributed by atoms with van der Waals surface area (Å²) in [7, 11) is 2.11. The van der Waals surface area contributed by atoms with Crippen molar-refractivity contribution in [3.8, 4) is 0 Å².